The van der Waals surface area contributed by atoms with Gasteiger partial charge in [-0.15, -0.1) is 0 Å². The summed E-state index contributed by atoms with van der Waals surface area (Å²) in [6.45, 7) is 14.9. The Hall–Kier alpha value is -2.28. The number of aryl methyl sites for hydroxylation is 3. The van der Waals surface area contributed by atoms with E-state index in [0.29, 0.717) is 0 Å². The van der Waals surface area contributed by atoms with Gasteiger partial charge in [-0.1, -0.05) is 108 Å². The number of nitrogens with zero attached hydrogens (tertiary/aromatic N) is 1. The lowest BCUT2D eigenvalue weighted by atomic mass is 10.0. The molecule has 0 atom stereocenters. The third-order valence-electron chi connectivity index (χ3n) is 6.58. The Morgan fingerprint density at radius 1 is 0.838 bits per heavy atom. The van der Waals surface area contributed by atoms with Gasteiger partial charge in [-0.25, -0.2) is 2.94 Å². The summed E-state index contributed by atoms with van der Waals surface area (Å²) in [5.41, 5.74) is 13.5. The van der Waals surface area contributed by atoms with Crippen LogP contribution in [0.4, 0.5) is 0 Å². The van der Waals surface area contributed by atoms with Crippen molar-refractivity contribution in [3.63, 3.8) is 0 Å². The molecule has 1 aliphatic heterocycles. The fraction of sp³-hybridized carbons (Fsp3) is 0.273. The minimum Gasteiger partial charge on any atom is -0.363 e. The summed E-state index contributed by atoms with van der Waals surface area (Å²) in [4.78, 5) is 2.49. The molecule has 0 aromatic heterocycles. The number of rotatable bonds is 7. The molecule has 0 spiro atoms. The zero-order valence-electron chi connectivity index (χ0n) is 22.9. The molecule has 0 radical (unpaired) electrons. The molecular weight excluding hydrogens is 583 g/mol. The number of hydrogen-bond acceptors (Lipinski definition) is 3. The van der Waals surface area contributed by atoms with Gasteiger partial charge in [0.1, 0.15) is 0 Å². The molecular formula is C33H39IN2S. The van der Waals surface area contributed by atoms with Gasteiger partial charge in [0.25, 0.3) is 0 Å². The van der Waals surface area contributed by atoms with Gasteiger partial charge in [0.15, 0.2) is 0 Å². The van der Waals surface area contributed by atoms with Crippen molar-refractivity contribution in [2.45, 2.75) is 47.3 Å². The lowest BCUT2D eigenvalue weighted by Crippen LogP contribution is -2.20. The topological polar surface area (TPSA) is 15.3 Å². The van der Waals surface area contributed by atoms with Crippen LogP contribution in [0.5, 0.6) is 0 Å². The fourth-order valence-electron chi connectivity index (χ4n) is 4.51. The van der Waals surface area contributed by atoms with Crippen LogP contribution in [0.25, 0.3) is 16.8 Å². The second kappa shape index (κ2) is 14.6. The lowest BCUT2D eigenvalue weighted by Gasteiger charge is -2.25. The molecule has 194 valence electrons. The van der Waals surface area contributed by atoms with Crippen molar-refractivity contribution in [2.24, 2.45) is 0 Å². The van der Waals surface area contributed by atoms with Gasteiger partial charge in [0, 0.05) is 53.0 Å². The zero-order valence-corrected chi connectivity index (χ0v) is 25.9. The van der Waals surface area contributed by atoms with E-state index in [1.54, 1.807) is 11.9 Å². The number of nitrogens with one attached hydrogen (secondary N) is 1. The largest absolute Gasteiger partial charge is 0.363 e. The maximum atomic E-state index is 3.15. The normalized spacial score (nSPS) is 13.8. The predicted molar refractivity (Wildman–Crippen MR) is 174 cm³/mol. The molecule has 1 aliphatic rings. The molecule has 0 aliphatic carbocycles. The Morgan fingerprint density at radius 2 is 1.41 bits per heavy atom. The van der Waals surface area contributed by atoms with Crippen LogP contribution in [0.1, 0.15) is 48.6 Å². The molecule has 4 heteroatoms. The van der Waals surface area contributed by atoms with Gasteiger partial charge in [-0.05, 0) is 75.4 Å². The minimum atomic E-state index is 0.970. The molecule has 3 aromatic rings. The van der Waals surface area contributed by atoms with E-state index in [9.17, 15) is 0 Å². The molecule has 4 rings (SSSR count). The molecule has 1 heterocycles. The van der Waals surface area contributed by atoms with Gasteiger partial charge in [0.05, 0.1) is 0 Å². The summed E-state index contributed by atoms with van der Waals surface area (Å²) in [5, 5.41) is 0. The molecule has 0 saturated carbocycles. The molecule has 0 fully saturated rings. The van der Waals surface area contributed by atoms with Crippen molar-refractivity contribution < 1.29 is 0 Å². The standard InChI is InChI=1S/C19H25IN2S.C14H14/c1-5-7-16-12-22(11-15(16)4)19(6-2)18-10-14(3)8-9-17(18)13-23-21-20;1-11-3-7-13(8-4-11)14-9-5-12(2)6-10-14/h5-10,21H,11-13H2,1-4H3;3-10H,1-2H3/b7-5-,19-6+;. The van der Waals surface area contributed by atoms with E-state index in [-0.39, 0.29) is 0 Å². The first kappa shape index (κ1) is 29.3. The second-order valence-electron chi connectivity index (χ2n) is 9.59. The summed E-state index contributed by atoms with van der Waals surface area (Å²) in [6, 6.07) is 24.0. The van der Waals surface area contributed by atoms with Crippen molar-refractivity contribution >= 4 is 40.5 Å². The van der Waals surface area contributed by atoms with Crippen LogP contribution in [0.15, 0.2) is 96.1 Å². The maximum Gasteiger partial charge on any atom is 0.0433 e. The highest BCUT2D eigenvalue weighted by molar-refractivity contribution is 14.1. The van der Waals surface area contributed by atoms with Crippen LogP contribution in [0.3, 0.4) is 0 Å². The van der Waals surface area contributed by atoms with Crippen LogP contribution in [-0.4, -0.2) is 18.0 Å². The summed E-state index contributed by atoms with van der Waals surface area (Å²) < 4.78 is 3.15. The van der Waals surface area contributed by atoms with E-state index in [0.717, 1.165) is 18.8 Å². The van der Waals surface area contributed by atoms with E-state index in [2.05, 4.69) is 157 Å². The van der Waals surface area contributed by atoms with Gasteiger partial charge >= 0.3 is 0 Å². The molecule has 0 bridgehead atoms. The van der Waals surface area contributed by atoms with E-state index in [4.69, 9.17) is 0 Å². The summed E-state index contributed by atoms with van der Waals surface area (Å²) in [5.74, 6) is 0.970. The predicted octanol–water partition coefficient (Wildman–Crippen LogP) is 9.62. The molecule has 37 heavy (non-hydrogen) atoms. The molecule has 0 unspecified atom stereocenters. The summed E-state index contributed by atoms with van der Waals surface area (Å²) in [6.07, 6.45) is 6.64. The number of benzene rings is 3. The first-order valence-corrected chi connectivity index (χ1v) is 14.9. The third kappa shape index (κ3) is 8.36. The van der Waals surface area contributed by atoms with Crippen LogP contribution in [-0.2, 0) is 5.75 Å². The Morgan fingerprint density at radius 3 is 1.92 bits per heavy atom. The van der Waals surface area contributed by atoms with Crippen molar-refractivity contribution in [1.82, 2.24) is 7.84 Å². The highest BCUT2D eigenvalue weighted by atomic mass is 127. The average molecular weight is 623 g/mol. The van der Waals surface area contributed by atoms with E-state index in [1.807, 2.05) is 0 Å². The van der Waals surface area contributed by atoms with Gasteiger partial charge < -0.3 is 4.90 Å². The average Bonchev–Trinajstić information content (AvgIpc) is 3.25. The summed E-state index contributed by atoms with van der Waals surface area (Å²) >= 11 is 3.92. The van der Waals surface area contributed by atoms with E-state index >= 15 is 0 Å². The second-order valence-corrected chi connectivity index (χ2v) is 11.6. The van der Waals surface area contributed by atoms with Crippen molar-refractivity contribution in [1.29, 1.82) is 0 Å². The third-order valence-corrected chi connectivity index (χ3v) is 8.08. The quantitative estimate of drug-likeness (QED) is 0.161. The van der Waals surface area contributed by atoms with Crippen LogP contribution in [0.2, 0.25) is 0 Å². The Balaban J connectivity index is 0.000000231. The highest BCUT2D eigenvalue weighted by Gasteiger charge is 2.21. The van der Waals surface area contributed by atoms with Crippen molar-refractivity contribution in [3.8, 4) is 11.1 Å². The first-order valence-electron chi connectivity index (χ1n) is 12.8. The molecule has 1 N–H and O–H groups in total. The van der Waals surface area contributed by atoms with E-state index < -0.39 is 0 Å². The van der Waals surface area contributed by atoms with Crippen molar-refractivity contribution in [2.75, 3.05) is 13.1 Å². The molecule has 3 aromatic carbocycles. The molecule has 2 nitrogen and oxygen atoms in total. The monoisotopic (exact) mass is 622 g/mol. The molecule has 0 saturated heterocycles. The number of hydrogen-bond donors (Lipinski definition) is 1. The zero-order chi connectivity index (χ0) is 26.8. The SMILES string of the molecule is C/C=C\C1=C(C)CN(/C(=C/C)c2cc(C)ccc2CSNI)C1.Cc1ccc(-c2ccc(C)cc2)cc1. The smallest absolute Gasteiger partial charge is 0.0433 e. The molecule has 0 amide bonds. The fourth-order valence-corrected chi connectivity index (χ4v) is 5.44. The Kier molecular flexibility index (Phi) is 11.6. The summed E-state index contributed by atoms with van der Waals surface area (Å²) in [7, 11) is 0. The highest BCUT2D eigenvalue weighted by Crippen LogP contribution is 2.31. The Labute approximate surface area is 242 Å². The first-order chi connectivity index (χ1) is 17.9. The van der Waals surface area contributed by atoms with Gasteiger partial charge in [-0.2, -0.15) is 0 Å². The minimum absolute atomic E-state index is 0.970. The lowest BCUT2D eigenvalue weighted by molar-refractivity contribution is 0.501. The number of allylic oxidation sites excluding steroid dienone is 2. The van der Waals surface area contributed by atoms with Crippen molar-refractivity contribution in [3.05, 3.63) is 124 Å². The van der Waals surface area contributed by atoms with Crippen LogP contribution in [0, 0.1) is 20.8 Å². The number of halogens is 1. The maximum absolute atomic E-state index is 3.15. The van der Waals surface area contributed by atoms with E-state index in [1.165, 1.54) is 55.8 Å². The van der Waals surface area contributed by atoms with Crippen LogP contribution < -0.4 is 2.94 Å². The van der Waals surface area contributed by atoms with Gasteiger partial charge in [-0.3, -0.25) is 0 Å². The Bertz CT molecular complexity index is 1210. The van der Waals surface area contributed by atoms with Gasteiger partial charge in [0.2, 0.25) is 0 Å². The van der Waals surface area contributed by atoms with Crippen LogP contribution >= 0.6 is 34.8 Å².